The summed E-state index contributed by atoms with van der Waals surface area (Å²) in [5.74, 6) is -0.190. The van der Waals surface area contributed by atoms with E-state index in [1.807, 2.05) is 36.4 Å². The Bertz CT molecular complexity index is 596. The van der Waals surface area contributed by atoms with Crippen LogP contribution in [0, 0.1) is 11.3 Å². The van der Waals surface area contributed by atoms with Gasteiger partial charge in [-0.2, -0.15) is 5.26 Å². The molecule has 0 radical (unpaired) electrons. The summed E-state index contributed by atoms with van der Waals surface area (Å²) in [7, 11) is 0. The van der Waals surface area contributed by atoms with Crippen molar-refractivity contribution in [2.24, 2.45) is 0 Å². The molecule has 0 aliphatic carbocycles. The van der Waals surface area contributed by atoms with Gasteiger partial charge in [-0.1, -0.05) is 24.3 Å². The molecule has 0 bridgehead atoms. The summed E-state index contributed by atoms with van der Waals surface area (Å²) in [4.78, 5) is 16.1. The first kappa shape index (κ1) is 12.1. The molecule has 1 aromatic carbocycles. The summed E-state index contributed by atoms with van der Waals surface area (Å²) < 4.78 is 0. The number of hydrogen-bond acceptors (Lipinski definition) is 3. The van der Waals surface area contributed by atoms with Crippen molar-refractivity contribution in [2.75, 3.05) is 6.54 Å². The molecule has 0 atom stereocenters. The Kier molecular flexibility index (Phi) is 3.87. The minimum Gasteiger partial charge on any atom is -0.351 e. The molecule has 1 heterocycles. The zero-order valence-electron chi connectivity index (χ0n) is 9.89. The van der Waals surface area contributed by atoms with Crippen LogP contribution < -0.4 is 5.32 Å². The molecule has 1 N–H and O–H groups in total. The first-order valence-corrected chi connectivity index (χ1v) is 5.82. The van der Waals surface area contributed by atoms with Crippen LogP contribution in [0.25, 0.3) is 10.8 Å². The van der Waals surface area contributed by atoms with Crippen LogP contribution in [0.3, 0.4) is 0 Å². The average Bonchev–Trinajstić information content (AvgIpc) is 2.43. The molecule has 18 heavy (non-hydrogen) atoms. The lowest BCUT2D eigenvalue weighted by atomic mass is 10.1. The average molecular weight is 239 g/mol. The van der Waals surface area contributed by atoms with Crippen molar-refractivity contribution in [3.8, 4) is 6.07 Å². The third-order valence-electron chi connectivity index (χ3n) is 2.64. The molecule has 90 valence electrons. The van der Waals surface area contributed by atoms with Gasteiger partial charge in [0.15, 0.2) is 0 Å². The fourth-order valence-corrected chi connectivity index (χ4v) is 1.75. The van der Waals surface area contributed by atoms with Gasteiger partial charge in [-0.15, -0.1) is 0 Å². The van der Waals surface area contributed by atoms with Crippen LogP contribution in [0.2, 0.25) is 0 Å². The Hall–Kier alpha value is -2.41. The molecular formula is C14H13N3O. The van der Waals surface area contributed by atoms with Crippen molar-refractivity contribution in [1.82, 2.24) is 10.3 Å². The number of carbonyl (C=O) groups is 1. The standard InChI is InChI=1S/C14H13N3O/c15-8-3-4-9-17-14(18)13-12-6-2-1-5-11(12)7-10-16-13/h1-2,5-7,10H,3-4,9H2,(H,17,18). The lowest BCUT2D eigenvalue weighted by Crippen LogP contribution is -2.25. The van der Waals surface area contributed by atoms with Gasteiger partial charge >= 0.3 is 0 Å². The number of nitrogens with one attached hydrogen (secondary N) is 1. The van der Waals surface area contributed by atoms with Crippen LogP contribution in [0.5, 0.6) is 0 Å². The number of aromatic nitrogens is 1. The van der Waals surface area contributed by atoms with Crippen LogP contribution in [0.15, 0.2) is 36.5 Å². The van der Waals surface area contributed by atoms with E-state index < -0.39 is 0 Å². The Morgan fingerprint density at radius 1 is 1.33 bits per heavy atom. The second-order valence-electron chi connectivity index (χ2n) is 3.90. The number of unbranched alkanes of at least 4 members (excludes halogenated alkanes) is 1. The maximum atomic E-state index is 12.0. The molecule has 2 aromatic rings. The zero-order chi connectivity index (χ0) is 12.8. The van der Waals surface area contributed by atoms with Crippen LogP contribution in [-0.4, -0.2) is 17.4 Å². The minimum absolute atomic E-state index is 0.190. The third-order valence-corrected chi connectivity index (χ3v) is 2.64. The number of nitrogens with zero attached hydrogens (tertiary/aromatic N) is 2. The second kappa shape index (κ2) is 5.78. The highest BCUT2D eigenvalue weighted by Gasteiger charge is 2.10. The number of benzene rings is 1. The molecule has 0 saturated heterocycles. The fraction of sp³-hybridized carbons (Fsp3) is 0.214. The molecule has 1 aromatic heterocycles. The van der Waals surface area contributed by atoms with E-state index in [9.17, 15) is 4.79 Å². The Morgan fingerprint density at radius 3 is 3.00 bits per heavy atom. The quantitative estimate of drug-likeness (QED) is 0.832. The highest BCUT2D eigenvalue weighted by atomic mass is 16.1. The number of pyridine rings is 1. The van der Waals surface area contributed by atoms with Gasteiger partial charge in [-0.3, -0.25) is 9.78 Å². The molecule has 0 saturated carbocycles. The molecule has 4 heteroatoms. The zero-order valence-corrected chi connectivity index (χ0v) is 9.89. The molecule has 2 rings (SSSR count). The SMILES string of the molecule is N#CCCCNC(=O)c1nccc2ccccc12. The van der Waals surface area contributed by atoms with Crippen molar-refractivity contribution in [3.63, 3.8) is 0 Å². The normalized spacial score (nSPS) is 9.94. The predicted molar refractivity (Wildman–Crippen MR) is 68.9 cm³/mol. The predicted octanol–water partition coefficient (Wildman–Crippen LogP) is 2.27. The van der Waals surface area contributed by atoms with Gasteiger partial charge in [-0.25, -0.2) is 0 Å². The first-order valence-electron chi connectivity index (χ1n) is 5.82. The van der Waals surface area contributed by atoms with Crippen molar-refractivity contribution < 1.29 is 4.79 Å². The summed E-state index contributed by atoms with van der Waals surface area (Å²) in [5.41, 5.74) is 0.435. The van der Waals surface area contributed by atoms with E-state index in [0.717, 1.165) is 10.8 Å². The van der Waals surface area contributed by atoms with Crippen LogP contribution >= 0.6 is 0 Å². The van der Waals surface area contributed by atoms with Gasteiger partial charge in [0.05, 0.1) is 6.07 Å². The lowest BCUT2D eigenvalue weighted by Gasteiger charge is -2.06. The van der Waals surface area contributed by atoms with Crippen molar-refractivity contribution in [3.05, 3.63) is 42.2 Å². The Labute approximate surface area is 105 Å². The highest BCUT2D eigenvalue weighted by Crippen LogP contribution is 2.15. The van der Waals surface area contributed by atoms with Gasteiger partial charge in [0.2, 0.25) is 0 Å². The number of fused-ring (bicyclic) bond motifs is 1. The molecule has 0 spiro atoms. The second-order valence-corrected chi connectivity index (χ2v) is 3.90. The third kappa shape index (κ3) is 2.64. The fourth-order valence-electron chi connectivity index (χ4n) is 1.75. The maximum Gasteiger partial charge on any atom is 0.270 e. The van der Waals surface area contributed by atoms with Crippen molar-refractivity contribution >= 4 is 16.7 Å². The summed E-state index contributed by atoms with van der Waals surface area (Å²) in [6.45, 7) is 0.497. The Morgan fingerprint density at radius 2 is 2.17 bits per heavy atom. The van der Waals surface area contributed by atoms with Gasteiger partial charge in [-0.05, 0) is 17.9 Å². The van der Waals surface area contributed by atoms with Gasteiger partial charge in [0.25, 0.3) is 5.91 Å². The molecule has 0 fully saturated rings. The van der Waals surface area contributed by atoms with E-state index in [4.69, 9.17) is 5.26 Å². The highest BCUT2D eigenvalue weighted by molar-refractivity contribution is 6.05. The molecule has 1 amide bonds. The van der Waals surface area contributed by atoms with E-state index in [0.29, 0.717) is 25.1 Å². The number of rotatable bonds is 4. The molecule has 0 aliphatic heterocycles. The van der Waals surface area contributed by atoms with Gasteiger partial charge < -0.3 is 5.32 Å². The summed E-state index contributed by atoms with van der Waals surface area (Å²) in [6.07, 6.45) is 2.74. The lowest BCUT2D eigenvalue weighted by molar-refractivity contribution is 0.0950. The maximum absolute atomic E-state index is 12.0. The number of nitriles is 1. The smallest absolute Gasteiger partial charge is 0.270 e. The van der Waals surface area contributed by atoms with E-state index >= 15 is 0 Å². The molecule has 0 unspecified atom stereocenters. The van der Waals surface area contributed by atoms with Crippen molar-refractivity contribution in [1.29, 1.82) is 5.26 Å². The number of carbonyl (C=O) groups excluding carboxylic acids is 1. The number of hydrogen-bond donors (Lipinski definition) is 1. The van der Waals surface area contributed by atoms with Crippen molar-refractivity contribution in [2.45, 2.75) is 12.8 Å². The Balaban J connectivity index is 2.15. The molecule has 0 aliphatic rings. The van der Waals surface area contributed by atoms with Crippen LogP contribution in [-0.2, 0) is 0 Å². The van der Waals surface area contributed by atoms with Gasteiger partial charge in [0, 0.05) is 24.5 Å². The summed E-state index contributed by atoms with van der Waals surface area (Å²) in [6, 6.07) is 11.6. The molecule has 4 nitrogen and oxygen atoms in total. The first-order chi connectivity index (χ1) is 8.83. The van der Waals surface area contributed by atoms with E-state index in [-0.39, 0.29) is 5.91 Å². The topological polar surface area (TPSA) is 65.8 Å². The van der Waals surface area contributed by atoms with E-state index in [1.54, 1.807) is 6.20 Å². The van der Waals surface area contributed by atoms with Crippen LogP contribution in [0.1, 0.15) is 23.3 Å². The molecular weight excluding hydrogens is 226 g/mol. The summed E-state index contributed by atoms with van der Waals surface area (Å²) in [5, 5.41) is 13.0. The summed E-state index contributed by atoms with van der Waals surface area (Å²) >= 11 is 0. The van der Waals surface area contributed by atoms with Crippen LogP contribution in [0.4, 0.5) is 0 Å². The largest absolute Gasteiger partial charge is 0.351 e. The minimum atomic E-state index is -0.190. The monoisotopic (exact) mass is 239 g/mol. The van der Waals surface area contributed by atoms with E-state index in [1.165, 1.54) is 0 Å². The number of amides is 1. The van der Waals surface area contributed by atoms with E-state index in [2.05, 4.69) is 10.3 Å². The van der Waals surface area contributed by atoms with Gasteiger partial charge in [0.1, 0.15) is 5.69 Å².